The van der Waals surface area contributed by atoms with E-state index < -0.39 is 11.6 Å². The maximum absolute atomic E-state index is 11.0. The lowest BCUT2D eigenvalue weighted by molar-refractivity contribution is -0.167. The molecule has 0 unspecified atom stereocenters. The zero-order chi connectivity index (χ0) is 10.6. The third-order valence-corrected chi connectivity index (χ3v) is 3.39. The molecule has 1 N–H and O–H groups in total. The van der Waals surface area contributed by atoms with Crippen LogP contribution in [0.15, 0.2) is 0 Å². The summed E-state index contributed by atoms with van der Waals surface area (Å²) in [5.74, 6) is -0.0856. The fourth-order valence-corrected chi connectivity index (χ4v) is 2.35. The van der Waals surface area contributed by atoms with Gasteiger partial charge in [-0.2, -0.15) is 0 Å². The number of aliphatic carboxylic acids is 1. The Morgan fingerprint density at radius 1 is 1.50 bits per heavy atom. The minimum atomic E-state index is -0.885. The van der Waals surface area contributed by atoms with Gasteiger partial charge in [0.1, 0.15) is 0 Å². The summed E-state index contributed by atoms with van der Waals surface area (Å²) in [4.78, 5) is 11.0. The largest absolute Gasteiger partial charge is 0.479 e. The maximum Gasteiger partial charge on any atom is 0.335 e. The molecule has 1 fully saturated rings. The molecule has 1 rings (SSSR count). The Bertz CT molecular complexity index is 193. The van der Waals surface area contributed by atoms with Crippen LogP contribution in [0.4, 0.5) is 0 Å². The summed E-state index contributed by atoms with van der Waals surface area (Å²) in [5.41, 5.74) is -0.885. The van der Waals surface area contributed by atoms with E-state index in [2.05, 4.69) is 6.92 Å². The fraction of sp³-hybridized carbons (Fsp3) is 0.909. The Hall–Kier alpha value is -0.570. The first-order chi connectivity index (χ1) is 6.64. The monoisotopic (exact) mass is 200 g/mol. The molecule has 0 spiro atoms. The van der Waals surface area contributed by atoms with Gasteiger partial charge < -0.3 is 9.84 Å². The van der Waals surface area contributed by atoms with E-state index in [9.17, 15) is 4.79 Å². The molecule has 1 aliphatic carbocycles. The highest BCUT2D eigenvalue weighted by Gasteiger charge is 2.41. The topological polar surface area (TPSA) is 46.5 Å². The maximum atomic E-state index is 11.0. The van der Waals surface area contributed by atoms with Gasteiger partial charge in [-0.1, -0.05) is 19.8 Å². The molecule has 0 aromatic carbocycles. The first kappa shape index (κ1) is 11.5. The summed E-state index contributed by atoms with van der Waals surface area (Å²) in [6.45, 7) is 2.18. The van der Waals surface area contributed by atoms with Gasteiger partial charge in [-0.15, -0.1) is 0 Å². The second-order valence-corrected chi connectivity index (χ2v) is 4.24. The average molecular weight is 200 g/mol. The molecule has 14 heavy (non-hydrogen) atoms. The van der Waals surface area contributed by atoms with Crippen molar-refractivity contribution in [2.24, 2.45) is 5.92 Å². The minimum absolute atomic E-state index is 0.670. The van der Waals surface area contributed by atoms with Gasteiger partial charge in [-0.3, -0.25) is 0 Å². The molecule has 0 aliphatic heterocycles. The van der Waals surface area contributed by atoms with E-state index in [4.69, 9.17) is 9.84 Å². The van der Waals surface area contributed by atoms with Gasteiger partial charge in [0.2, 0.25) is 0 Å². The number of hydrogen-bond acceptors (Lipinski definition) is 2. The number of rotatable bonds is 4. The average Bonchev–Trinajstić information content (AvgIpc) is 2.19. The number of ether oxygens (including phenoxy) is 1. The van der Waals surface area contributed by atoms with Crippen molar-refractivity contribution < 1.29 is 14.6 Å². The predicted molar refractivity (Wildman–Crippen MR) is 54.2 cm³/mol. The van der Waals surface area contributed by atoms with E-state index in [1.807, 2.05) is 0 Å². The lowest BCUT2D eigenvalue weighted by Crippen LogP contribution is -2.43. The van der Waals surface area contributed by atoms with Crippen molar-refractivity contribution in [1.82, 2.24) is 0 Å². The third kappa shape index (κ3) is 2.27. The van der Waals surface area contributed by atoms with Crippen LogP contribution in [0.1, 0.15) is 45.4 Å². The van der Waals surface area contributed by atoms with Gasteiger partial charge in [-0.05, 0) is 31.6 Å². The minimum Gasteiger partial charge on any atom is -0.479 e. The van der Waals surface area contributed by atoms with Crippen molar-refractivity contribution in [1.29, 1.82) is 0 Å². The molecule has 0 aromatic rings. The molecule has 0 atom stereocenters. The van der Waals surface area contributed by atoms with E-state index in [0.29, 0.717) is 18.8 Å². The van der Waals surface area contributed by atoms with Gasteiger partial charge in [0.25, 0.3) is 0 Å². The van der Waals surface area contributed by atoms with Crippen LogP contribution < -0.4 is 0 Å². The Morgan fingerprint density at radius 2 is 2.07 bits per heavy atom. The standard InChI is InChI=1S/C11H20O3/c1-3-4-9-5-7-11(14-2,8-6-9)10(12)13/h9H,3-8H2,1-2H3,(H,12,13). The fourth-order valence-electron chi connectivity index (χ4n) is 2.35. The van der Waals surface area contributed by atoms with Crippen LogP contribution in [0.2, 0.25) is 0 Å². The molecule has 0 saturated heterocycles. The van der Waals surface area contributed by atoms with E-state index >= 15 is 0 Å². The second-order valence-electron chi connectivity index (χ2n) is 4.24. The normalized spacial score (nSPS) is 32.9. The Morgan fingerprint density at radius 3 is 2.43 bits per heavy atom. The number of methoxy groups -OCH3 is 1. The molecule has 1 saturated carbocycles. The first-order valence-electron chi connectivity index (χ1n) is 5.43. The van der Waals surface area contributed by atoms with Gasteiger partial charge in [-0.25, -0.2) is 4.79 Å². The number of hydrogen-bond donors (Lipinski definition) is 1. The molecule has 3 heteroatoms. The van der Waals surface area contributed by atoms with Gasteiger partial charge in [0, 0.05) is 7.11 Å². The van der Waals surface area contributed by atoms with Crippen LogP contribution in [0.5, 0.6) is 0 Å². The van der Waals surface area contributed by atoms with Gasteiger partial charge in [0.05, 0.1) is 0 Å². The summed E-state index contributed by atoms with van der Waals surface area (Å²) in [6, 6.07) is 0. The number of carbonyl (C=O) groups is 1. The van der Waals surface area contributed by atoms with Crippen LogP contribution in [-0.2, 0) is 9.53 Å². The Labute approximate surface area is 85.5 Å². The molecule has 82 valence electrons. The highest BCUT2D eigenvalue weighted by Crippen LogP contribution is 2.36. The quantitative estimate of drug-likeness (QED) is 0.758. The molecule has 0 amide bonds. The highest BCUT2D eigenvalue weighted by molar-refractivity contribution is 5.77. The zero-order valence-electron chi connectivity index (χ0n) is 9.08. The van der Waals surface area contributed by atoms with Crippen molar-refractivity contribution in [2.45, 2.75) is 51.0 Å². The van der Waals surface area contributed by atoms with Crippen LogP contribution in [0, 0.1) is 5.92 Å². The summed E-state index contributed by atoms with van der Waals surface area (Å²) >= 11 is 0. The summed E-state index contributed by atoms with van der Waals surface area (Å²) in [5, 5.41) is 9.08. The van der Waals surface area contributed by atoms with Crippen molar-refractivity contribution in [3.8, 4) is 0 Å². The van der Waals surface area contributed by atoms with Gasteiger partial charge >= 0.3 is 5.97 Å². The smallest absolute Gasteiger partial charge is 0.335 e. The second kappa shape index (κ2) is 4.78. The van der Waals surface area contributed by atoms with Crippen molar-refractivity contribution in [2.75, 3.05) is 7.11 Å². The van der Waals surface area contributed by atoms with E-state index in [1.165, 1.54) is 20.0 Å². The van der Waals surface area contributed by atoms with Crippen molar-refractivity contribution in [3.63, 3.8) is 0 Å². The lowest BCUT2D eigenvalue weighted by Gasteiger charge is -2.35. The molecule has 0 aromatic heterocycles. The summed E-state index contributed by atoms with van der Waals surface area (Å²) < 4.78 is 5.17. The molecular weight excluding hydrogens is 180 g/mol. The summed E-state index contributed by atoms with van der Waals surface area (Å²) in [6.07, 6.45) is 5.74. The first-order valence-corrected chi connectivity index (χ1v) is 5.43. The molecule has 3 nitrogen and oxygen atoms in total. The highest BCUT2D eigenvalue weighted by atomic mass is 16.5. The van der Waals surface area contributed by atoms with Crippen molar-refractivity contribution in [3.05, 3.63) is 0 Å². The van der Waals surface area contributed by atoms with Crippen molar-refractivity contribution >= 4 is 5.97 Å². The molecule has 1 aliphatic rings. The lowest BCUT2D eigenvalue weighted by atomic mass is 9.77. The molecule has 0 heterocycles. The van der Waals surface area contributed by atoms with E-state index in [0.717, 1.165) is 12.8 Å². The Kier molecular flexibility index (Phi) is 3.93. The summed E-state index contributed by atoms with van der Waals surface area (Å²) in [7, 11) is 1.51. The van der Waals surface area contributed by atoms with Crippen LogP contribution in [-0.4, -0.2) is 23.8 Å². The Balaban J connectivity index is 2.50. The van der Waals surface area contributed by atoms with Crippen LogP contribution >= 0.6 is 0 Å². The molecule has 0 radical (unpaired) electrons. The molecule has 0 bridgehead atoms. The third-order valence-electron chi connectivity index (χ3n) is 3.39. The zero-order valence-corrected chi connectivity index (χ0v) is 9.08. The molecular formula is C11H20O3. The van der Waals surface area contributed by atoms with E-state index in [1.54, 1.807) is 0 Å². The van der Waals surface area contributed by atoms with Gasteiger partial charge in [0.15, 0.2) is 5.60 Å². The number of carboxylic acid groups (broad SMARTS) is 1. The predicted octanol–water partition coefficient (Wildman–Crippen LogP) is 2.45. The SMILES string of the molecule is CCCC1CCC(OC)(C(=O)O)CC1. The number of carboxylic acids is 1. The van der Waals surface area contributed by atoms with E-state index in [-0.39, 0.29) is 0 Å². The van der Waals surface area contributed by atoms with Crippen LogP contribution in [0.3, 0.4) is 0 Å². The van der Waals surface area contributed by atoms with Crippen LogP contribution in [0.25, 0.3) is 0 Å².